The molecule has 1 aliphatic heterocycles. The molecule has 1 radical (unpaired) electrons. The van der Waals surface area contributed by atoms with Gasteiger partial charge < -0.3 is 5.11 Å². The van der Waals surface area contributed by atoms with Crippen LogP contribution in [0, 0.1) is 6.42 Å². The molecule has 2 nitrogen and oxygen atoms in total. The first kappa shape index (κ1) is 5.06. The number of nitrogens with one attached hydrogen (secondary N) is 1. The lowest BCUT2D eigenvalue weighted by Gasteiger charge is -2.16. The molecule has 2 heteroatoms. The maximum atomic E-state index is 8.77. The van der Waals surface area contributed by atoms with Gasteiger partial charge in [0.05, 0.1) is 0 Å². The van der Waals surface area contributed by atoms with Gasteiger partial charge in [0.15, 0.2) is 0 Å². The van der Waals surface area contributed by atoms with Crippen molar-refractivity contribution in [1.29, 1.82) is 0 Å². The van der Waals surface area contributed by atoms with Crippen molar-refractivity contribution >= 4 is 0 Å². The van der Waals surface area contributed by atoms with Gasteiger partial charge in [0.25, 0.3) is 0 Å². The van der Waals surface area contributed by atoms with Gasteiger partial charge in [-0.3, -0.25) is 5.32 Å². The zero-order chi connectivity index (χ0) is 5.11. The lowest BCUT2D eigenvalue weighted by molar-refractivity contribution is 0.124. The molecule has 0 aliphatic carbocycles. The van der Waals surface area contributed by atoms with E-state index in [1.807, 2.05) is 0 Å². The van der Waals surface area contributed by atoms with Crippen LogP contribution >= 0.6 is 0 Å². The Hall–Kier alpha value is -0.0800. The highest BCUT2D eigenvalue weighted by atomic mass is 16.3. The quantitative estimate of drug-likeness (QED) is 0.445. The van der Waals surface area contributed by atoms with Crippen LogP contribution in [-0.4, -0.2) is 17.9 Å². The molecule has 0 amide bonds. The highest BCUT2D eigenvalue weighted by Crippen LogP contribution is 2.01. The predicted molar refractivity (Wildman–Crippen MR) is 27.5 cm³/mol. The summed E-state index contributed by atoms with van der Waals surface area (Å²) in [4.78, 5) is 0. The first-order valence-electron chi connectivity index (χ1n) is 2.63. The average molecular weight is 100 g/mol. The van der Waals surface area contributed by atoms with Gasteiger partial charge in [-0.2, -0.15) is 0 Å². The van der Waals surface area contributed by atoms with Crippen molar-refractivity contribution in [1.82, 2.24) is 5.32 Å². The van der Waals surface area contributed by atoms with E-state index >= 15 is 0 Å². The molecule has 0 saturated carbocycles. The molecule has 0 aromatic heterocycles. The van der Waals surface area contributed by atoms with Crippen LogP contribution in [-0.2, 0) is 0 Å². The SMILES string of the molecule is OC1C[CH]CCN1. The van der Waals surface area contributed by atoms with Gasteiger partial charge in [0, 0.05) is 0 Å². The van der Waals surface area contributed by atoms with E-state index in [1.54, 1.807) is 0 Å². The van der Waals surface area contributed by atoms with Crippen molar-refractivity contribution in [2.45, 2.75) is 19.1 Å². The van der Waals surface area contributed by atoms with Crippen molar-refractivity contribution in [2.75, 3.05) is 6.54 Å². The molecule has 41 valence electrons. The number of piperidine rings is 1. The van der Waals surface area contributed by atoms with E-state index in [1.165, 1.54) is 0 Å². The third kappa shape index (κ3) is 1.45. The van der Waals surface area contributed by atoms with Crippen LogP contribution in [0.2, 0.25) is 0 Å². The fraction of sp³-hybridized carbons (Fsp3) is 0.800. The van der Waals surface area contributed by atoms with Gasteiger partial charge in [0.1, 0.15) is 6.23 Å². The van der Waals surface area contributed by atoms with Crippen molar-refractivity contribution in [3.8, 4) is 0 Å². The Morgan fingerprint density at radius 1 is 1.71 bits per heavy atom. The van der Waals surface area contributed by atoms with Crippen LogP contribution < -0.4 is 5.32 Å². The first-order valence-corrected chi connectivity index (χ1v) is 2.63. The molecule has 1 heterocycles. The van der Waals surface area contributed by atoms with E-state index in [2.05, 4.69) is 11.7 Å². The summed E-state index contributed by atoms with van der Waals surface area (Å²) >= 11 is 0. The second-order valence-corrected chi connectivity index (χ2v) is 1.78. The van der Waals surface area contributed by atoms with Crippen molar-refractivity contribution in [3.05, 3.63) is 6.42 Å². The fourth-order valence-corrected chi connectivity index (χ4v) is 0.711. The second kappa shape index (κ2) is 2.28. The number of hydrogen-bond acceptors (Lipinski definition) is 2. The van der Waals surface area contributed by atoms with Crippen molar-refractivity contribution < 1.29 is 5.11 Å². The van der Waals surface area contributed by atoms with Crippen LogP contribution in [0.4, 0.5) is 0 Å². The minimum atomic E-state index is -0.270. The van der Waals surface area contributed by atoms with E-state index in [9.17, 15) is 0 Å². The van der Waals surface area contributed by atoms with Crippen LogP contribution in [0.25, 0.3) is 0 Å². The Bertz CT molecular complexity index is 50.0. The molecule has 1 atom stereocenters. The lowest BCUT2D eigenvalue weighted by Crippen LogP contribution is -2.33. The van der Waals surface area contributed by atoms with E-state index in [4.69, 9.17) is 5.11 Å². The van der Waals surface area contributed by atoms with E-state index < -0.39 is 0 Å². The zero-order valence-corrected chi connectivity index (χ0v) is 4.22. The largest absolute Gasteiger partial charge is 0.379 e. The van der Waals surface area contributed by atoms with Crippen LogP contribution in [0.5, 0.6) is 0 Å². The molecule has 2 N–H and O–H groups in total. The molecule has 1 unspecified atom stereocenters. The minimum absolute atomic E-state index is 0.270. The summed E-state index contributed by atoms with van der Waals surface area (Å²) in [5.74, 6) is 0. The number of aliphatic hydroxyl groups is 1. The predicted octanol–water partition coefficient (Wildman–Crippen LogP) is -0.108. The minimum Gasteiger partial charge on any atom is -0.379 e. The summed E-state index contributed by atoms with van der Waals surface area (Å²) in [6, 6.07) is 0. The topological polar surface area (TPSA) is 32.3 Å². The molecular weight excluding hydrogens is 90.1 g/mol. The summed E-state index contributed by atoms with van der Waals surface area (Å²) in [6.07, 6.45) is 3.73. The maximum absolute atomic E-state index is 8.77. The van der Waals surface area contributed by atoms with Gasteiger partial charge in [-0.15, -0.1) is 0 Å². The van der Waals surface area contributed by atoms with Gasteiger partial charge >= 0.3 is 0 Å². The highest BCUT2D eigenvalue weighted by Gasteiger charge is 2.06. The molecule has 0 aromatic rings. The number of hydrogen-bond donors (Lipinski definition) is 2. The smallest absolute Gasteiger partial charge is 0.105 e. The van der Waals surface area contributed by atoms with Crippen molar-refractivity contribution in [3.63, 3.8) is 0 Å². The van der Waals surface area contributed by atoms with E-state index in [0.717, 1.165) is 19.4 Å². The van der Waals surface area contributed by atoms with Crippen LogP contribution in [0.15, 0.2) is 0 Å². The molecular formula is C5H10NO. The monoisotopic (exact) mass is 100 g/mol. The average Bonchev–Trinajstić information content (AvgIpc) is 1.69. The molecule has 1 rings (SSSR count). The number of rotatable bonds is 0. The Balaban J connectivity index is 2.12. The molecule has 1 saturated heterocycles. The molecule has 0 bridgehead atoms. The van der Waals surface area contributed by atoms with Gasteiger partial charge in [-0.1, -0.05) is 0 Å². The zero-order valence-electron chi connectivity index (χ0n) is 4.22. The molecule has 7 heavy (non-hydrogen) atoms. The van der Waals surface area contributed by atoms with Crippen LogP contribution in [0.3, 0.4) is 0 Å². The Labute approximate surface area is 43.5 Å². The van der Waals surface area contributed by atoms with E-state index in [-0.39, 0.29) is 6.23 Å². The molecule has 0 aromatic carbocycles. The molecule has 1 fully saturated rings. The standard InChI is InChI=1S/C5H10NO/c7-5-3-1-2-4-6-5/h1,5-7H,2-4H2. The third-order valence-electron chi connectivity index (χ3n) is 1.12. The maximum Gasteiger partial charge on any atom is 0.105 e. The Morgan fingerprint density at radius 2 is 2.57 bits per heavy atom. The normalized spacial score (nSPS) is 33.0. The van der Waals surface area contributed by atoms with Crippen LogP contribution in [0.1, 0.15) is 12.8 Å². The molecule has 1 aliphatic rings. The summed E-state index contributed by atoms with van der Waals surface area (Å²) in [6.45, 7) is 0.932. The van der Waals surface area contributed by atoms with Crippen molar-refractivity contribution in [2.24, 2.45) is 0 Å². The molecule has 0 spiro atoms. The second-order valence-electron chi connectivity index (χ2n) is 1.78. The number of aliphatic hydroxyl groups excluding tert-OH is 1. The summed E-state index contributed by atoms with van der Waals surface area (Å²) < 4.78 is 0. The Morgan fingerprint density at radius 3 is 2.86 bits per heavy atom. The van der Waals surface area contributed by atoms with Gasteiger partial charge in [-0.25, -0.2) is 0 Å². The summed E-state index contributed by atoms with van der Waals surface area (Å²) in [5, 5.41) is 11.7. The van der Waals surface area contributed by atoms with E-state index in [0.29, 0.717) is 0 Å². The Kier molecular flexibility index (Phi) is 1.65. The highest BCUT2D eigenvalue weighted by molar-refractivity contribution is 4.75. The fourth-order valence-electron chi connectivity index (χ4n) is 0.711. The summed E-state index contributed by atoms with van der Waals surface area (Å²) in [5.41, 5.74) is 0. The van der Waals surface area contributed by atoms with Gasteiger partial charge in [-0.05, 0) is 25.8 Å². The first-order chi connectivity index (χ1) is 3.39. The van der Waals surface area contributed by atoms with Gasteiger partial charge in [0.2, 0.25) is 0 Å². The lowest BCUT2D eigenvalue weighted by atomic mass is 10.1. The summed E-state index contributed by atoms with van der Waals surface area (Å²) in [7, 11) is 0. The third-order valence-corrected chi connectivity index (χ3v) is 1.12.